The summed E-state index contributed by atoms with van der Waals surface area (Å²) in [5, 5.41) is 4.35. The Hall–Kier alpha value is -0.900. The fraction of sp³-hybridized carbons (Fsp3) is 0.714. The van der Waals surface area contributed by atoms with E-state index < -0.39 is 0 Å². The van der Waals surface area contributed by atoms with Crippen LogP contribution in [-0.4, -0.2) is 16.7 Å². The first kappa shape index (κ1) is 13.5. The Labute approximate surface area is 113 Å². The summed E-state index contributed by atoms with van der Waals surface area (Å²) < 4.78 is 4.26. The second-order valence-electron chi connectivity index (χ2n) is 5.25. The summed E-state index contributed by atoms with van der Waals surface area (Å²) in [6, 6.07) is 0. The number of carbonyl (C=O) groups excluding carboxylic acids is 1. The van der Waals surface area contributed by atoms with Gasteiger partial charge in [0, 0.05) is 6.54 Å². The Morgan fingerprint density at radius 1 is 1.39 bits per heavy atom. The van der Waals surface area contributed by atoms with Crippen molar-refractivity contribution in [1.82, 2.24) is 4.37 Å². The minimum atomic E-state index is 0.112. The summed E-state index contributed by atoms with van der Waals surface area (Å²) in [5.41, 5.74) is 1.64. The highest BCUT2D eigenvalue weighted by Gasteiger charge is 2.16. The van der Waals surface area contributed by atoms with Gasteiger partial charge in [-0.3, -0.25) is 4.79 Å². The number of carbonyl (C=O) groups is 1. The first-order valence-corrected chi connectivity index (χ1v) is 7.67. The van der Waals surface area contributed by atoms with Gasteiger partial charge in [0.05, 0.1) is 11.3 Å². The molecular weight excluding hydrogens is 244 g/mol. The second-order valence-corrected chi connectivity index (χ2v) is 6.02. The summed E-state index contributed by atoms with van der Waals surface area (Å²) in [6.07, 6.45) is 8.17. The molecule has 0 aliphatic heterocycles. The minimum Gasteiger partial charge on any atom is -0.375 e. The molecule has 3 nitrogen and oxygen atoms in total. The van der Waals surface area contributed by atoms with Gasteiger partial charge in [0.25, 0.3) is 0 Å². The molecule has 1 fully saturated rings. The van der Waals surface area contributed by atoms with Crippen LogP contribution in [0.15, 0.2) is 0 Å². The van der Waals surface area contributed by atoms with Gasteiger partial charge in [-0.1, -0.05) is 32.1 Å². The predicted molar refractivity (Wildman–Crippen MR) is 76.5 cm³/mol. The van der Waals surface area contributed by atoms with Crippen LogP contribution >= 0.6 is 11.5 Å². The van der Waals surface area contributed by atoms with E-state index >= 15 is 0 Å². The van der Waals surface area contributed by atoms with Crippen molar-refractivity contribution in [2.24, 2.45) is 5.92 Å². The van der Waals surface area contributed by atoms with E-state index in [9.17, 15) is 4.79 Å². The van der Waals surface area contributed by atoms with Crippen LogP contribution in [0, 0.1) is 12.8 Å². The zero-order valence-electron chi connectivity index (χ0n) is 11.3. The molecule has 4 heteroatoms. The zero-order valence-corrected chi connectivity index (χ0v) is 12.1. The number of anilines is 1. The topological polar surface area (TPSA) is 42.0 Å². The van der Waals surface area contributed by atoms with Gasteiger partial charge >= 0.3 is 0 Å². The third-order valence-corrected chi connectivity index (χ3v) is 4.67. The van der Waals surface area contributed by atoms with Crippen molar-refractivity contribution in [3.8, 4) is 0 Å². The molecule has 100 valence electrons. The van der Waals surface area contributed by atoms with Gasteiger partial charge < -0.3 is 5.32 Å². The Morgan fingerprint density at radius 2 is 2.11 bits per heavy atom. The molecule has 1 aliphatic carbocycles. The zero-order chi connectivity index (χ0) is 13.0. The average Bonchev–Trinajstić information content (AvgIpc) is 2.72. The maximum absolute atomic E-state index is 11.5. The van der Waals surface area contributed by atoms with Crippen LogP contribution in [0.1, 0.15) is 61.5 Å². The van der Waals surface area contributed by atoms with E-state index in [1.807, 2.05) is 6.92 Å². The molecule has 1 aromatic heterocycles. The highest BCUT2D eigenvalue weighted by molar-refractivity contribution is 7.10. The second kappa shape index (κ2) is 6.32. The largest absolute Gasteiger partial charge is 0.375 e. The van der Waals surface area contributed by atoms with Gasteiger partial charge in [-0.15, -0.1) is 0 Å². The van der Waals surface area contributed by atoms with Crippen LogP contribution in [0.4, 0.5) is 5.00 Å². The fourth-order valence-electron chi connectivity index (χ4n) is 2.77. The SMILES string of the molecule is CC(=O)c1c(C)nsc1NCCC1CCCCC1. The van der Waals surface area contributed by atoms with Crippen LogP contribution in [0.5, 0.6) is 0 Å². The third kappa shape index (κ3) is 3.31. The molecule has 0 unspecified atom stereocenters. The summed E-state index contributed by atoms with van der Waals surface area (Å²) in [6.45, 7) is 4.48. The number of aryl methyl sites for hydroxylation is 1. The molecule has 1 aliphatic rings. The van der Waals surface area contributed by atoms with Crippen LogP contribution in [0.25, 0.3) is 0 Å². The average molecular weight is 266 g/mol. The van der Waals surface area contributed by atoms with Crippen molar-refractivity contribution in [3.05, 3.63) is 11.3 Å². The number of Topliss-reactive ketones (excluding diaryl/α,β-unsaturated/α-hetero) is 1. The number of aromatic nitrogens is 1. The monoisotopic (exact) mass is 266 g/mol. The first-order chi connectivity index (χ1) is 8.68. The molecular formula is C14H22N2OS. The van der Waals surface area contributed by atoms with E-state index in [1.54, 1.807) is 6.92 Å². The van der Waals surface area contributed by atoms with Gasteiger partial charge in [-0.25, -0.2) is 0 Å². The smallest absolute Gasteiger partial charge is 0.164 e. The standard InChI is InChI=1S/C14H22N2OS/c1-10-13(11(2)17)14(18-16-10)15-9-8-12-6-4-3-5-7-12/h12,15H,3-9H2,1-2H3. The Kier molecular flexibility index (Phi) is 4.75. The predicted octanol–water partition coefficient (Wildman–Crippen LogP) is 4.04. The van der Waals surface area contributed by atoms with Crippen LogP contribution in [-0.2, 0) is 0 Å². The molecule has 2 rings (SSSR count). The number of nitrogens with zero attached hydrogens (tertiary/aromatic N) is 1. The number of hydrogen-bond acceptors (Lipinski definition) is 4. The molecule has 0 aromatic carbocycles. The van der Waals surface area contributed by atoms with Gasteiger partial charge in [0.1, 0.15) is 5.00 Å². The Balaban J connectivity index is 1.84. The van der Waals surface area contributed by atoms with Gasteiger partial charge in [0.15, 0.2) is 5.78 Å². The molecule has 0 radical (unpaired) electrons. The molecule has 18 heavy (non-hydrogen) atoms. The highest BCUT2D eigenvalue weighted by Crippen LogP contribution is 2.28. The van der Waals surface area contributed by atoms with E-state index in [-0.39, 0.29) is 5.78 Å². The Morgan fingerprint density at radius 3 is 2.78 bits per heavy atom. The van der Waals surface area contributed by atoms with Crippen molar-refractivity contribution in [1.29, 1.82) is 0 Å². The molecule has 0 amide bonds. The van der Waals surface area contributed by atoms with Crippen molar-refractivity contribution in [2.45, 2.75) is 52.4 Å². The summed E-state index contributed by atoms with van der Waals surface area (Å²) >= 11 is 1.41. The van der Waals surface area contributed by atoms with E-state index in [0.29, 0.717) is 0 Å². The van der Waals surface area contributed by atoms with Crippen LogP contribution < -0.4 is 5.32 Å². The van der Waals surface area contributed by atoms with Crippen molar-refractivity contribution < 1.29 is 4.79 Å². The minimum absolute atomic E-state index is 0.112. The molecule has 1 N–H and O–H groups in total. The van der Waals surface area contributed by atoms with E-state index in [1.165, 1.54) is 50.1 Å². The Bertz CT molecular complexity index is 408. The lowest BCUT2D eigenvalue weighted by molar-refractivity contribution is 0.101. The maximum atomic E-state index is 11.5. The lowest BCUT2D eigenvalue weighted by Crippen LogP contribution is -2.12. The van der Waals surface area contributed by atoms with Crippen molar-refractivity contribution in [3.63, 3.8) is 0 Å². The summed E-state index contributed by atoms with van der Waals surface area (Å²) in [4.78, 5) is 11.5. The van der Waals surface area contributed by atoms with Crippen molar-refractivity contribution in [2.75, 3.05) is 11.9 Å². The van der Waals surface area contributed by atoms with Gasteiger partial charge in [-0.05, 0) is 37.7 Å². The quantitative estimate of drug-likeness (QED) is 0.818. The molecule has 0 bridgehead atoms. The molecule has 0 atom stereocenters. The first-order valence-electron chi connectivity index (χ1n) is 6.89. The number of hydrogen-bond donors (Lipinski definition) is 1. The van der Waals surface area contributed by atoms with Crippen LogP contribution in [0.3, 0.4) is 0 Å². The molecule has 0 saturated heterocycles. The summed E-state index contributed by atoms with van der Waals surface area (Å²) in [7, 11) is 0. The number of nitrogens with one attached hydrogen (secondary N) is 1. The fourth-order valence-corrected chi connectivity index (χ4v) is 3.64. The lowest BCUT2D eigenvalue weighted by Gasteiger charge is -2.21. The lowest BCUT2D eigenvalue weighted by atomic mass is 9.87. The number of rotatable bonds is 5. The molecule has 1 aromatic rings. The molecule has 1 heterocycles. The third-order valence-electron chi connectivity index (χ3n) is 3.78. The normalized spacial score (nSPS) is 16.8. The molecule has 1 saturated carbocycles. The summed E-state index contributed by atoms with van der Waals surface area (Å²) in [5.74, 6) is 0.988. The van der Waals surface area contributed by atoms with Crippen LogP contribution in [0.2, 0.25) is 0 Å². The van der Waals surface area contributed by atoms with E-state index in [0.717, 1.165) is 28.7 Å². The highest BCUT2D eigenvalue weighted by atomic mass is 32.1. The van der Waals surface area contributed by atoms with Gasteiger partial charge in [-0.2, -0.15) is 4.37 Å². The number of ketones is 1. The molecule has 0 spiro atoms. The van der Waals surface area contributed by atoms with Gasteiger partial charge in [0.2, 0.25) is 0 Å². The van der Waals surface area contributed by atoms with Crippen molar-refractivity contribution >= 4 is 22.3 Å². The maximum Gasteiger partial charge on any atom is 0.164 e. The van der Waals surface area contributed by atoms with E-state index in [2.05, 4.69) is 9.69 Å². The van der Waals surface area contributed by atoms with E-state index in [4.69, 9.17) is 0 Å².